The molecule has 1 unspecified atom stereocenters. The molecule has 0 aliphatic heterocycles. The Morgan fingerprint density at radius 1 is 1.33 bits per heavy atom. The third-order valence-electron chi connectivity index (χ3n) is 2.56. The molecule has 1 rings (SSSR count). The first-order valence-electron chi connectivity index (χ1n) is 6.46. The van der Waals surface area contributed by atoms with E-state index in [0.29, 0.717) is 6.61 Å². The highest BCUT2D eigenvalue weighted by Crippen LogP contribution is 2.37. The molecular formula is C16H24O2. The van der Waals surface area contributed by atoms with Crippen molar-refractivity contribution in [2.24, 2.45) is 0 Å². The van der Waals surface area contributed by atoms with E-state index >= 15 is 0 Å². The molecule has 1 aromatic carbocycles. The molecule has 0 saturated heterocycles. The maximum Gasteiger partial charge on any atom is 0.164 e. The second kappa shape index (κ2) is 5.94. The molecule has 0 aliphatic carbocycles. The van der Waals surface area contributed by atoms with Gasteiger partial charge in [-0.05, 0) is 33.8 Å². The summed E-state index contributed by atoms with van der Waals surface area (Å²) in [4.78, 5) is 0. The Balaban J connectivity index is 3.20. The fourth-order valence-electron chi connectivity index (χ4n) is 1.73. The van der Waals surface area contributed by atoms with Gasteiger partial charge in [0.2, 0.25) is 0 Å². The van der Waals surface area contributed by atoms with Gasteiger partial charge in [-0.1, -0.05) is 25.1 Å². The van der Waals surface area contributed by atoms with Gasteiger partial charge < -0.3 is 9.47 Å². The van der Waals surface area contributed by atoms with Crippen LogP contribution >= 0.6 is 0 Å². The molecule has 0 aliphatic rings. The highest BCUT2D eigenvalue weighted by molar-refractivity contribution is 5.49. The zero-order valence-corrected chi connectivity index (χ0v) is 12.1. The molecule has 1 atom stereocenters. The predicted molar refractivity (Wildman–Crippen MR) is 76.6 cm³/mol. The number of para-hydroxylation sites is 1. The Morgan fingerprint density at radius 2 is 2.00 bits per heavy atom. The quantitative estimate of drug-likeness (QED) is 0.712. The predicted octanol–water partition coefficient (Wildman–Crippen LogP) is 4.55. The van der Waals surface area contributed by atoms with Crippen molar-refractivity contribution in [3.8, 4) is 11.5 Å². The van der Waals surface area contributed by atoms with Gasteiger partial charge in [-0.2, -0.15) is 0 Å². The van der Waals surface area contributed by atoms with Crippen molar-refractivity contribution in [2.45, 2.75) is 46.1 Å². The lowest BCUT2D eigenvalue weighted by Gasteiger charge is -2.25. The number of benzene rings is 1. The summed E-state index contributed by atoms with van der Waals surface area (Å²) in [6.45, 7) is 14.7. The molecule has 0 aromatic heterocycles. The molecule has 0 fully saturated rings. The van der Waals surface area contributed by atoms with E-state index in [1.165, 1.54) is 0 Å². The molecule has 0 amide bonds. The first-order chi connectivity index (χ1) is 8.39. The molecule has 18 heavy (non-hydrogen) atoms. The van der Waals surface area contributed by atoms with Gasteiger partial charge in [0.25, 0.3) is 0 Å². The third-order valence-corrected chi connectivity index (χ3v) is 2.56. The van der Waals surface area contributed by atoms with Crippen LogP contribution in [0.4, 0.5) is 0 Å². The van der Waals surface area contributed by atoms with Gasteiger partial charge in [0.05, 0.1) is 6.61 Å². The second-order valence-corrected chi connectivity index (χ2v) is 5.35. The molecule has 0 bridgehead atoms. The summed E-state index contributed by atoms with van der Waals surface area (Å²) in [6.07, 6.45) is 1.92. The Kier molecular flexibility index (Phi) is 4.83. The lowest BCUT2D eigenvalue weighted by Crippen LogP contribution is -2.23. The molecule has 0 saturated carbocycles. The van der Waals surface area contributed by atoms with Gasteiger partial charge in [-0.25, -0.2) is 0 Å². The summed E-state index contributed by atoms with van der Waals surface area (Å²) in [5, 5.41) is 0. The molecule has 1 aromatic rings. The first-order valence-corrected chi connectivity index (χ1v) is 6.46. The van der Waals surface area contributed by atoms with E-state index in [1.54, 1.807) is 0 Å². The number of hydrogen-bond acceptors (Lipinski definition) is 2. The Hall–Kier alpha value is -1.44. The van der Waals surface area contributed by atoms with Gasteiger partial charge in [-0.15, -0.1) is 6.58 Å². The van der Waals surface area contributed by atoms with Crippen molar-refractivity contribution in [1.29, 1.82) is 0 Å². The van der Waals surface area contributed by atoms with Crippen LogP contribution in [0.1, 0.15) is 46.1 Å². The van der Waals surface area contributed by atoms with E-state index in [0.717, 1.165) is 17.1 Å². The Bertz CT molecular complexity index is 402. The smallest absolute Gasteiger partial charge is 0.164 e. The topological polar surface area (TPSA) is 18.5 Å². The summed E-state index contributed by atoms with van der Waals surface area (Å²) in [7, 11) is 0. The molecule has 100 valence electrons. The van der Waals surface area contributed by atoms with E-state index < -0.39 is 0 Å². The van der Waals surface area contributed by atoms with Crippen molar-refractivity contribution in [3.63, 3.8) is 0 Å². The average molecular weight is 248 g/mol. The van der Waals surface area contributed by atoms with Crippen LogP contribution in [0.2, 0.25) is 0 Å². The van der Waals surface area contributed by atoms with Crippen molar-refractivity contribution in [2.75, 3.05) is 6.61 Å². The van der Waals surface area contributed by atoms with E-state index in [1.807, 2.05) is 45.9 Å². The minimum absolute atomic E-state index is 0.234. The number of ether oxygens (including phenoxy) is 2. The lowest BCUT2D eigenvalue weighted by atomic mass is 9.99. The third kappa shape index (κ3) is 3.80. The summed E-state index contributed by atoms with van der Waals surface area (Å²) < 4.78 is 11.7. The van der Waals surface area contributed by atoms with Crippen LogP contribution in [-0.2, 0) is 0 Å². The van der Waals surface area contributed by atoms with E-state index in [-0.39, 0.29) is 11.5 Å². The van der Waals surface area contributed by atoms with Crippen LogP contribution < -0.4 is 9.47 Å². The highest BCUT2D eigenvalue weighted by atomic mass is 16.5. The Morgan fingerprint density at radius 3 is 2.50 bits per heavy atom. The monoisotopic (exact) mass is 248 g/mol. The van der Waals surface area contributed by atoms with Crippen molar-refractivity contribution in [1.82, 2.24) is 0 Å². The van der Waals surface area contributed by atoms with E-state index in [9.17, 15) is 0 Å². The van der Waals surface area contributed by atoms with Gasteiger partial charge in [0.1, 0.15) is 5.60 Å². The van der Waals surface area contributed by atoms with Gasteiger partial charge in [0.15, 0.2) is 11.5 Å². The Labute approximate surface area is 111 Å². The van der Waals surface area contributed by atoms with E-state index in [4.69, 9.17) is 9.47 Å². The summed E-state index contributed by atoms with van der Waals surface area (Å²) in [5.74, 6) is 1.88. The van der Waals surface area contributed by atoms with E-state index in [2.05, 4.69) is 19.6 Å². The van der Waals surface area contributed by atoms with Crippen molar-refractivity contribution >= 4 is 0 Å². The molecule has 0 heterocycles. The minimum atomic E-state index is -0.234. The zero-order valence-electron chi connectivity index (χ0n) is 12.1. The normalized spacial score (nSPS) is 12.9. The van der Waals surface area contributed by atoms with Crippen LogP contribution in [0.5, 0.6) is 11.5 Å². The molecular weight excluding hydrogens is 224 g/mol. The van der Waals surface area contributed by atoms with Crippen LogP contribution in [0, 0.1) is 0 Å². The molecule has 0 spiro atoms. The van der Waals surface area contributed by atoms with Gasteiger partial charge in [-0.3, -0.25) is 0 Å². The molecule has 2 heteroatoms. The van der Waals surface area contributed by atoms with Crippen molar-refractivity contribution in [3.05, 3.63) is 36.4 Å². The van der Waals surface area contributed by atoms with Crippen LogP contribution in [0.3, 0.4) is 0 Å². The maximum absolute atomic E-state index is 5.96. The molecule has 0 N–H and O–H groups in total. The van der Waals surface area contributed by atoms with Gasteiger partial charge in [0, 0.05) is 11.5 Å². The largest absolute Gasteiger partial charge is 0.490 e. The number of rotatable bonds is 5. The van der Waals surface area contributed by atoms with Crippen LogP contribution in [-0.4, -0.2) is 12.2 Å². The molecule has 0 radical (unpaired) electrons. The SMILES string of the molecule is C=CC(C)c1cccc(OC(C)(C)C)c1OCC. The van der Waals surface area contributed by atoms with Gasteiger partial charge >= 0.3 is 0 Å². The highest BCUT2D eigenvalue weighted by Gasteiger charge is 2.19. The molecule has 2 nitrogen and oxygen atoms in total. The lowest BCUT2D eigenvalue weighted by molar-refractivity contribution is 0.123. The summed E-state index contributed by atoms with van der Waals surface area (Å²) >= 11 is 0. The number of hydrogen-bond donors (Lipinski definition) is 0. The first kappa shape index (κ1) is 14.6. The van der Waals surface area contributed by atoms with Crippen LogP contribution in [0.15, 0.2) is 30.9 Å². The fourth-order valence-corrected chi connectivity index (χ4v) is 1.73. The summed E-state index contributed by atoms with van der Waals surface area (Å²) in [5.41, 5.74) is 0.885. The summed E-state index contributed by atoms with van der Waals surface area (Å²) in [6, 6.07) is 6.02. The maximum atomic E-state index is 5.96. The zero-order chi connectivity index (χ0) is 13.8. The van der Waals surface area contributed by atoms with Crippen LogP contribution in [0.25, 0.3) is 0 Å². The second-order valence-electron chi connectivity index (χ2n) is 5.35. The average Bonchev–Trinajstić information content (AvgIpc) is 2.28. The minimum Gasteiger partial charge on any atom is -0.490 e. The standard InChI is InChI=1S/C16H24O2/c1-7-12(3)13-10-9-11-14(15(13)17-8-2)18-16(4,5)6/h7,9-12H,1,8H2,2-6H3. The number of allylic oxidation sites excluding steroid dienone is 1. The van der Waals surface area contributed by atoms with Crippen molar-refractivity contribution < 1.29 is 9.47 Å². The fraction of sp³-hybridized carbons (Fsp3) is 0.500.